The predicted octanol–water partition coefficient (Wildman–Crippen LogP) is 5.44. The zero-order chi connectivity index (χ0) is 16.8. The van der Waals surface area contributed by atoms with Crippen LogP contribution in [0, 0.1) is 10.1 Å². The van der Waals surface area contributed by atoms with Crippen molar-refractivity contribution in [2.24, 2.45) is 4.99 Å². The molecule has 0 fully saturated rings. The van der Waals surface area contributed by atoms with E-state index in [0.29, 0.717) is 18.0 Å². The van der Waals surface area contributed by atoms with Gasteiger partial charge >= 0.3 is 0 Å². The molecule has 23 heavy (non-hydrogen) atoms. The maximum Gasteiger partial charge on any atom is 0.269 e. The van der Waals surface area contributed by atoms with Gasteiger partial charge in [-0.2, -0.15) is 0 Å². The predicted molar refractivity (Wildman–Crippen MR) is 97.9 cm³/mol. The summed E-state index contributed by atoms with van der Waals surface area (Å²) < 4.78 is 7.31. The van der Waals surface area contributed by atoms with Crippen LogP contribution in [0.1, 0.15) is 5.56 Å². The van der Waals surface area contributed by atoms with E-state index in [9.17, 15) is 10.1 Å². The Hall–Kier alpha value is -1.99. The molecule has 118 valence electrons. The highest BCUT2D eigenvalue weighted by Crippen LogP contribution is 2.32. The molecule has 0 unspecified atom stereocenters. The normalized spacial score (nSPS) is 10.7. The van der Waals surface area contributed by atoms with E-state index in [2.05, 4.69) is 43.4 Å². The summed E-state index contributed by atoms with van der Waals surface area (Å²) >= 11 is 6.88. The number of hydrogen-bond donors (Lipinski definition) is 0. The van der Waals surface area contributed by atoms with Gasteiger partial charge in [0, 0.05) is 28.4 Å². The Balaban J connectivity index is 2.30. The first-order chi connectivity index (χ1) is 11.0. The van der Waals surface area contributed by atoms with Gasteiger partial charge in [0.1, 0.15) is 12.4 Å². The second-order valence-corrected chi connectivity index (χ2v) is 6.21. The van der Waals surface area contributed by atoms with Crippen LogP contribution in [0.5, 0.6) is 5.75 Å². The largest absolute Gasteiger partial charge is 0.488 e. The monoisotopic (exact) mass is 438 g/mol. The van der Waals surface area contributed by atoms with Crippen molar-refractivity contribution in [2.75, 3.05) is 6.61 Å². The van der Waals surface area contributed by atoms with Crippen molar-refractivity contribution in [1.82, 2.24) is 0 Å². The van der Waals surface area contributed by atoms with E-state index in [1.165, 1.54) is 12.1 Å². The van der Waals surface area contributed by atoms with Gasteiger partial charge in [0.15, 0.2) is 0 Å². The Morgan fingerprint density at radius 1 is 1.26 bits per heavy atom. The third-order valence-electron chi connectivity index (χ3n) is 2.80. The first-order valence-electron chi connectivity index (χ1n) is 6.52. The minimum absolute atomic E-state index is 0.0316. The van der Waals surface area contributed by atoms with E-state index in [4.69, 9.17) is 4.74 Å². The van der Waals surface area contributed by atoms with Crippen molar-refractivity contribution >= 4 is 49.4 Å². The first kappa shape index (κ1) is 17.4. The fourth-order valence-corrected chi connectivity index (χ4v) is 3.15. The highest BCUT2D eigenvalue weighted by Gasteiger charge is 2.09. The molecule has 0 aromatic heterocycles. The van der Waals surface area contributed by atoms with Crippen molar-refractivity contribution in [3.05, 3.63) is 73.7 Å². The molecule has 0 radical (unpaired) electrons. The van der Waals surface area contributed by atoms with Crippen molar-refractivity contribution in [3.8, 4) is 5.75 Å². The van der Waals surface area contributed by atoms with Gasteiger partial charge in [-0.15, -0.1) is 0 Å². The van der Waals surface area contributed by atoms with Crippen LogP contribution in [0.25, 0.3) is 0 Å². The number of non-ortho nitro benzene ring substituents is 1. The molecule has 0 saturated carbocycles. The molecule has 0 aliphatic heterocycles. The van der Waals surface area contributed by atoms with Gasteiger partial charge in [-0.1, -0.05) is 28.6 Å². The Morgan fingerprint density at radius 3 is 2.57 bits per heavy atom. The smallest absolute Gasteiger partial charge is 0.269 e. The summed E-state index contributed by atoms with van der Waals surface area (Å²) in [6, 6.07) is 9.76. The van der Waals surface area contributed by atoms with Crippen LogP contribution < -0.4 is 4.74 Å². The minimum atomic E-state index is -0.444. The highest BCUT2D eigenvalue weighted by atomic mass is 79.9. The molecule has 0 heterocycles. The van der Waals surface area contributed by atoms with Crippen LogP contribution in [0.4, 0.5) is 11.4 Å². The van der Waals surface area contributed by atoms with E-state index in [-0.39, 0.29) is 5.69 Å². The lowest BCUT2D eigenvalue weighted by atomic mass is 10.2. The van der Waals surface area contributed by atoms with Gasteiger partial charge in [0.05, 0.1) is 15.1 Å². The number of aliphatic imine (C=N–C) groups is 1. The number of hydrogen-bond acceptors (Lipinski definition) is 4. The lowest BCUT2D eigenvalue weighted by Gasteiger charge is -2.10. The lowest BCUT2D eigenvalue weighted by molar-refractivity contribution is -0.384. The fourth-order valence-electron chi connectivity index (χ4n) is 1.78. The van der Waals surface area contributed by atoms with Crippen LogP contribution in [-0.2, 0) is 0 Å². The first-order valence-corrected chi connectivity index (χ1v) is 8.11. The van der Waals surface area contributed by atoms with Gasteiger partial charge in [0.2, 0.25) is 0 Å². The molecule has 0 saturated heterocycles. The molecule has 0 atom stereocenters. The van der Waals surface area contributed by atoms with Gasteiger partial charge in [-0.05, 0) is 40.2 Å². The van der Waals surface area contributed by atoms with Crippen molar-refractivity contribution < 1.29 is 9.66 Å². The molecule has 7 heteroatoms. The highest BCUT2D eigenvalue weighted by molar-refractivity contribution is 9.11. The quantitative estimate of drug-likeness (QED) is 0.260. The molecule has 0 aliphatic rings. The van der Waals surface area contributed by atoms with Gasteiger partial charge in [-0.25, -0.2) is 0 Å². The zero-order valence-corrected chi connectivity index (χ0v) is 15.1. The summed E-state index contributed by atoms with van der Waals surface area (Å²) in [5.41, 5.74) is 1.41. The third-order valence-corrected chi connectivity index (χ3v) is 3.84. The summed E-state index contributed by atoms with van der Waals surface area (Å²) in [4.78, 5) is 14.5. The minimum Gasteiger partial charge on any atom is -0.488 e. The number of halogens is 2. The molecule has 0 amide bonds. The van der Waals surface area contributed by atoms with Crippen LogP contribution >= 0.6 is 31.9 Å². The van der Waals surface area contributed by atoms with E-state index in [1.807, 2.05) is 12.1 Å². The molecule has 0 aliphatic carbocycles. The van der Waals surface area contributed by atoms with Crippen LogP contribution in [0.15, 0.2) is 63.0 Å². The molecule has 5 nitrogen and oxygen atoms in total. The van der Waals surface area contributed by atoms with Crippen molar-refractivity contribution in [2.45, 2.75) is 0 Å². The van der Waals surface area contributed by atoms with Crippen LogP contribution in [0.2, 0.25) is 0 Å². The Bertz CT molecular complexity index is 759. The molecule has 0 N–H and O–H groups in total. The summed E-state index contributed by atoms with van der Waals surface area (Å²) in [5, 5.41) is 10.6. The topological polar surface area (TPSA) is 64.7 Å². The number of rotatable bonds is 6. The molecule has 2 aromatic carbocycles. The summed E-state index contributed by atoms with van der Waals surface area (Å²) in [6.45, 7) is 4.00. The molecule has 0 spiro atoms. The van der Waals surface area contributed by atoms with Crippen molar-refractivity contribution in [3.63, 3.8) is 0 Å². The van der Waals surface area contributed by atoms with Crippen molar-refractivity contribution in [1.29, 1.82) is 0 Å². The SMILES string of the molecule is C=CCOc1c(Br)cc(Br)cc1C=Nc1ccc([N+](=O)[O-])cc1. The summed E-state index contributed by atoms with van der Waals surface area (Å²) in [5.74, 6) is 0.652. The number of ether oxygens (including phenoxy) is 1. The lowest BCUT2D eigenvalue weighted by Crippen LogP contribution is -1.98. The molecular formula is C16H12Br2N2O3. The molecular weight excluding hydrogens is 428 g/mol. The molecule has 2 aromatic rings. The Kier molecular flexibility index (Phi) is 6.06. The van der Waals surface area contributed by atoms with Crippen LogP contribution in [0.3, 0.4) is 0 Å². The van der Waals surface area contributed by atoms with Gasteiger partial charge in [0.25, 0.3) is 5.69 Å². The maximum absolute atomic E-state index is 10.6. The van der Waals surface area contributed by atoms with Gasteiger partial charge < -0.3 is 4.74 Å². The Morgan fingerprint density at radius 2 is 1.96 bits per heavy atom. The fraction of sp³-hybridized carbons (Fsp3) is 0.0625. The maximum atomic E-state index is 10.6. The van der Waals surface area contributed by atoms with E-state index in [1.54, 1.807) is 24.4 Å². The van der Waals surface area contributed by atoms with Gasteiger partial charge in [-0.3, -0.25) is 15.1 Å². The standard InChI is InChI=1S/C16H12Br2N2O3/c1-2-7-23-16-11(8-12(17)9-15(16)18)10-19-13-3-5-14(6-4-13)20(21)22/h2-6,8-10H,1,7H2. The summed E-state index contributed by atoms with van der Waals surface area (Å²) in [6.07, 6.45) is 3.31. The average molecular weight is 440 g/mol. The second kappa shape index (κ2) is 8.03. The molecule has 2 rings (SSSR count). The second-order valence-electron chi connectivity index (χ2n) is 4.44. The van der Waals surface area contributed by atoms with Crippen LogP contribution in [-0.4, -0.2) is 17.7 Å². The number of nitro groups is 1. The Labute approximate surface area is 150 Å². The molecule has 0 bridgehead atoms. The third kappa shape index (κ3) is 4.74. The number of benzene rings is 2. The number of nitro benzene ring substituents is 1. The zero-order valence-electron chi connectivity index (χ0n) is 11.9. The average Bonchev–Trinajstić information content (AvgIpc) is 2.52. The van der Waals surface area contributed by atoms with E-state index in [0.717, 1.165) is 14.5 Å². The summed E-state index contributed by atoms with van der Waals surface area (Å²) in [7, 11) is 0. The van der Waals surface area contributed by atoms with E-state index < -0.39 is 4.92 Å². The number of nitrogens with zero attached hydrogens (tertiary/aromatic N) is 2. The van der Waals surface area contributed by atoms with E-state index >= 15 is 0 Å².